The number of methoxy groups -OCH3 is 1. The van der Waals surface area contributed by atoms with Gasteiger partial charge in [0, 0.05) is 37.0 Å². The van der Waals surface area contributed by atoms with Crippen LogP contribution in [0.5, 0.6) is 5.75 Å². The third-order valence-corrected chi connectivity index (χ3v) is 5.27. The maximum absolute atomic E-state index is 13.5. The fourth-order valence-electron chi connectivity index (χ4n) is 3.92. The van der Waals surface area contributed by atoms with E-state index < -0.39 is 5.92 Å². The molecule has 1 saturated heterocycles. The Labute approximate surface area is 157 Å². The monoisotopic (exact) mass is 368 g/mol. The van der Waals surface area contributed by atoms with Crippen molar-refractivity contribution < 1.29 is 18.7 Å². The van der Waals surface area contributed by atoms with Crippen molar-refractivity contribution in [1.82, 2.24) is 0 Å². The summed E-state index contributed by atoms with van der Waals surface area (Å²) in [4.78, 5) is 29.0. The van der Waals surface area contributed by atoms with Gasteiger partial charge in [-0.05, 0) is 48.7 Å². The van der Waals surface area contributed by atoms with Crippen molar-refractivity contribution in [3.05, 3.63) is 53.8 Å². The number of aryl methyl sites for hydroxylation is 1. The molecule has 1 fully saturated rings. The first-order chi connectivity index (χ1) is 13.1. The summed E-state index contributed by atoms with van der Waals surface area (Å²) in [5, 5.41) is 0. The van der Waals surface area contributed by atoms with Gasteiger partial charge in [0.2, 0.25) is 11.8 Å². The summed E-state index contributed by atoms with van der Waals surface area (Å²) in [7, 11) is 1.58. The Bertz CT molecular complexity index is 899. The van der Waals surface area contributed by atoms with Crippen molar-refractivity contribution in [2.75, 3.05) is 30.0 Å². The highest BCUT2D eigenvalue weighted by molar-refractivity contribution is 6.04. The largest absolute Gasteiger partial charge is 0.497 e. The number of carbonyl (C=O) groups excluding carboxylic acids is 2. The number of anilines is 2. The van der Waals surface area contributed by atoms with Crippen LogP contribution in [0.2, 0.25) is 0 Å². The van der Waals surface area contributed by atoms with Gasteiger partial charge in [0.05, 0.1) is 13.0 Å². The third kappa shape index (κ3) is 3.27. The second-order valence-corrected chi connectivity index (χ2v) is 6.97. The molecule has 2 aromatic rings. The van der Waals surface area contributed by atoms with E-state index in [1.54, 1.807) is 29.0 Å². The highest BCUT2D eigenvalue weighted by Crippen LogP contribution is 2.33. The first kappa shape index (κ1) is 17.5. The molecule has 2 amide bonds. The lowest BCUT2D eigenvalue weighted by atomic mass is 9.99. The lowest BCUT2D eigenvalue weighted by Gasteiger charge is -2.31. The van der Waals surface area contributed by atoms with Gasteiger partial charge < -0.3 is 14.5 Å². The number of amides is 2. The van der Waals surface area contributed by atoms with Gasteiger partial charge in [0.15, 0.2) is 0 Å². The Morgan fingerprint density at radius 1 is 1.22 bits per heavy atom. The predicted octanol–water partition coefficient (Wildman–Crippen LogP) is 3.17. The predicted molar refractivity (Wildman–Crippen MR) is 101 cm³/mol. The third-order valence-electron chi connectivity index (χ3n) is 5.27. The molecule has 140 valence electrons. The number of benzene rings is 2. The smallest absolute Gasteiger partial charge is 0.232 e. The standard InChI is InChI=1S/C21H21FN2O3/c1-27-18-6-2-5-17(12-18)24-13-15(11-20(24)25)21(26)23-9-3-4-14-10-16(22)7-8-19(14)23/h2,5-8,10,12,15H,3-4,9,11,13H2,1H3. The molecule has 27 heavy (non-hydrogen) atoms. The zero-order chi connectivity index (χ0) is 19.0. The number of nitrogens with zero attached hydrogens (tertiary/aromatic N) is 2. The summed E-state index contributed by atoms with van der Waals surface area (Å²) in [5.41, 5.74) is 2.35. The molecule has 1 atom stereocenters. The van der Waals surface area contributed by atoms with E-state index in [1.807, 2.05) is 18.2 Å². The highest BCUT2D eigenvalue weighted by atomic mass is 19.1. The van der Waals surface area contributed by atoms with Crippen LogP contribution in [-0.4, -0.2) is 32.0 Å². The molecule has 2 heterocycles. The molecule has 0 bridgehead atoms. The van der Waals surface area contributed by atoms with Crippen LogP contribution in [0, 0.1) is 11.7 Å². The average Bonchev–Trinajstić information content (AvgIpc) is 3.08. The normalized spacial score (nSPS) is 19.2. The molecule has 0 N–H and O–H groups in total. The molecule has 1 unspecified atom stereocenters. The van der Waals surface area contributed by atoms with Gasteiger partial charge >= 0.3 is 0 Å². The number of fused-ring (bicyclic) bond motifs is 1. The van der Waals surface area contributed by atoms with E-state index in [4.69, 9.17) is 4.74 Å². The van der Waals surface area contributed by atoms with Crippen molar-refractivity contribution in [2.24, 2.45) is 5.92 Å². The summed E-state index contributed by atoms with van der Waals surface area (Å²) >= 11 is 0. The molecule has 6 heteroatoms. The minimum Gasteiger partial charge on any atom is -0.497 e. The number of rotatable bonds is 3. The second kappa shape index (κ2) is 7.02. The van der Waals surface area contributed by atoms with Crippen LogP contribution in [-0.2, 0) is 16.0 Å². The SMILES string of the molecule is COc1cccc(N2CC(C(=O)N3CCCc4cc(F)ccc43)CC2=O)c1. The topological polar surface area (TPSA) is 49.9 Å². The Morgan fingerprint density at radius 2 is 2.07 bits per heavy atom. The van der Waals surface area contributed by atoms with Gasteiger partial charge in [-0.25, -0.2) is 4.39 Å². The lowest BCUT2D eigenvalue weighted by Crippen LogP contribution is -2.40. The van der Waals surface area contributed by atoms with E-state index in [9.17, 15) is 14.0 Å². The van der Waals surface area contributed by atoms with Crippen LogP contribution >= 0.6 is 0 Å². The number of hydrogen-bond acceptors (Lipinski definition) is 3. The van der Waals surface area contributed by atoms with Crippen LogP contribution in [0.1, 0.15) is 18.4 Å². The summed E-state index contributed by atoms with van der Waals surface area (Å²) in [5.74, 6) is -0.163. The Kier molecular flexibility index (Phi) is 4.56. The van der Waals surface area contributed by atoms with Crippen molar-refractivity contribution >= 4 is 23.2 Å². The number of hydrogen-bond donors (Lipinski definition) is 0. The van der Waals surface area contributed by atoms with E-state index in [-0.39, 0.29) is 24.1 Å². The molecular weight excluding hydrogens is 347 g/mol. The first-order valence-corrected chi connectivity index (χ1v) is 9.11. The molecule has 2 aromatic carbocycles. The maximum atomic E-state index is 13.5. The second-order valence-electron chi connectivity index (χ2n) is 6.97. The molecule has 5 nitrogen and oxygen atoms in total. The molecular formula is C21H21FN2O3. The van der Waals surface area contributed by atoms with Crippen molar-refractivity contribution in [1.29, 1.82) is 0 Å². The zero-order valence-corrected chi connectivity index (χ0v) is 15.2. The first-order valence-electron chi connectivity index (χ1n) is 9.11. The molecule has 0 aliphatic carbocycles. The highest BCUT2D eigenvalue weighted by Gasteiger charge is 2.38. The number of halogens is 1. The van der Waals surface area contributed by atoms with E-state index in [1.165, 1.54) is 12.1 Å². The molecule has 0 radical (unpaired) electrons. The van der Waals surface area contributed by atoms with Gasteiger partial charge in [0.25, 0.3) is 0 Å². The Morgan fingerprint density at radius 3 is 2.89 bits per heavy atom. The average molecular weight is 368 g/mol. The van der Waals surface area contributed by atoms with Gasteiger partial charge in [-0.3, -0.25) is 9.59 Å². The molecule has 0 saturated carbocycles. The quantitative estimate of drug-likeness (QED) is 0.836. The van der Waals surface area contributed by atoms with Crippen molar-refractivity contribution in [2.45, 2.75) is 19.3 Å². The van der Waals surface area contributed by atoms with Crippen LogP contribution in [0.4, 0.5) is 15.8 Å². The molecule has 0 aromatic heterocycles. The maximum Gasteiger partial charge on any atom is 0.232 e. The summed E-state index contributed by atoms with van der Waals surface area (Å²) in [6.45, 7) is 0.944. The van der Waals surface area contributed by atoms with Crippen LogP contribution in [0.15, 0.2) is 42.5 Å². The summed E-state index contributed by atoms with van der Waals surface area (Å²) in [6.07, 6.45) is 1.74. The van der Waals surface area contributed by atoms with E-state index in [0.29, 0.717) is 18.8 Å². The van der Waals surface area contributed by atoms with Crippen LogP contribution in [0.25, 0.3) is 0 Å². The number of ether oxygens (including phenoxy) is 1. The number of carbonyl (C=O) groups is 2. The summed E-state index contributed by atoms with van der Waals surface area (Å²) in [6, 6.07) is 11.8. The minimum absolute atomic E-state index is 0.0682. The molecule has 2 aliphatic heterocycles. The van der Waals surface area contributed by atoms with Gasteiger partial charge in [-0.15, -0.1) is 0 Å². The van der Waals surface area contributed by atoms with Gasteiger partial charge in [-0.1, -0.05) is 6.07 Å². The molecule has 2 aliphatic rings. The molecule has 0 spiro atoms. The fourth-order valence-corrected chi connectivity index (χ4v) is 3.92. The molecule has 4 rings (SSSR count). The zero-order valence-electron chi connectivity index (χ0n) is 15.2. The van der Waals surface area contributed by atoms with Crippen molar-refractivity contribution in [3.63, 3.8) is 0 Å². The Balaban J connectivity index is 1.55. The van der Waals surface area contributed by atoms with Crippen LogP contribution in [0.3, 0.4) is 0 Å². The summed E-state index contributed by atoms with van der Waals surface area (Å²) < 4.78 is 18.7. The fraction of sp³-hybridized carbons (Fsp3) is 0.333. The van der Waals surface area contributed by atoms with E-state index in [0.717, 1.165) is 29.8 Å². The lowest BCUT2D eigenvalue weighted by molar-refractivity contribution is -0.124. The van der Waals surface area contributed by atoms with Gasteiger partial charge in [0.1, 0.15) is 11.6 Å². The van der Waals surface area contributed by atoms with Gasteiger partial charge in [-0.2, -0.15) is 0 Å². The van der Waals surface area contributed by atoms with E-state index >= 15 is 0 Å². The Hall–Kier alpha value is -2.89. The van der Waals surface area contributed by atoms with Crippen LogP contribution < -0.4 is 14.5 Å². The minimum atomic E-state index is -0.403. The van der Waals surface area contributed by atoms with Crippen molar-refractivity contribution in [3.8, 4) is 5.75 Å². The van der Waals surface area contributed by atoms with E-state index in [2.05, 4.69) is 0 Å².